The van der Waals surface area contributed by atoms with Gasteiger partial charge in [-0.1, -0.05) is 76.6 Å². The molecule has 3 nitrogen and oxygen atoms in total. The summed E-state index contributed by atoms with van der Waals surface area (Å²) in [6.45, 7) is 5.32. The van der Waals surface area contributed by atoms with E-state index in [1.54, 1.807) is 20.8 Å². The predicted octanol–water partition coefficient (Wildman–Crippen LogP) is 6.52. The van der Waals surface area contributed by atoms with E-state index >= 15 is 0 Å². The Morgan fingerprint density at radius 1 is 0.938 bits per heavy atom. The van der Waals surface area contributed by atoms with Gasteiger partial charge >= 0.3 is 5.97 Å². The Morgan fingerprint density at radius 3 is 1.94 bits per heavy atom. The number of carbonyl (C=O) groups excluding carboxylic acids is 1. The second-order valence-electron chi connectivity index (χ2n) is 8.32. The number of hydrogen-bond donors (Lipinski definition) is 0. The number of halogens is 3. The van der Waals surface area contributed by atoms with Gasteiger partial charge < -0.3 is 4.74 Å². The lowest BCUT2D eigenvalue weighted by molar-refractivity contribution is -0.156. The molecule has 0 fully saturated rings. The Hall–Kier alpha value is -2.86. The monoisotopic (exact) mass is 499 g/mol. The Kier molecular flexibility index (Phi) is 7.56. The molecular formula is C26H24BrF2NO2. The summed E-state index contributed by atoms with van der Waals surface area (Å²) in [5.74, 6) is -2.49. The molecule has 6 heteroatoms. The molecule has 0 aliphatic carbocycles. The third-order valence-corrected chi connectivity index (χ3v) is 5.30. The number of nitrogens with zero attached hydrogens (tertiary/aromatic N) is 1. The molecule has 0 aliphatic rings. The van der Waals surface area contributed by atoms with Crippen molar-refractivity contribution in [2.24, 2.45) is 4.99 Å². The molecular weight excluding hydrogens is 476 g/mol. The quantitative estimate of drug-likeness (QED) is 0.220. The highest BCUT2D eigenvalue weighted by Crippen LogP contribution is 2.24. The zero-order chi connectivity index (χ0) is 23.3. The maximum Gasteiger partial charge on any atom is 0.331 e. The lowest BCUT2D eigenvalue weighted by Gasteiger charge is -2.23. The molecule has 0 radical (unpaired) electrons. The summed E-state index contributed by atoms with van der Waals surface area (Å²) in [4.78, 5) is 17.9. The normalized spacial score (nSPS) is 12.2. The fourth-order valence-electron chi connectivity index (χ4n) is 3.14. The van der Waals surface area contributed by atoms with Gasteiger partial charge in [-0.15, -0.1) is 0 Å². The summed E-state index contributed by atoms with van der Waals surface area (Å²) in [6, 6.07) is 20.2. The van der Waals surface area contributed by atoms with Crippen LogP contribution in [0, 0.1) is 11.6 Å². The van der Waals surface area contributed by atoms with E-state index < -0.39 is 29.2 Å². The van der Waals surface area contributed by atoms with Crippen molar-refractivity contribution in [1.29, 1.82) is 0 Å². The van der Waals surface area contributed by atoms with Gasteiger partial charge in [0, 0.05) is 22.0 Å². The van der Waals surface area contributed by atoms with Crippen LogP contribution >= 0.6 is 15.9 Å². The average molecular weight is 500 g/mol. The van der Waals surface area contributed by atoms with Crippen LogP contribution in [0.15, 0.2) is 82.3 Å². The molecule has 166 valence electrons. The Bertz CT molecular complexity index is 1070. The first kappa shape index (κ1) is 23.8. The maximum atomic E-state index is 13.9. The lowest BCUT2D eigenvalue weighted by atomic mass is 10.0. The van der Waals surface area contributed by atoms with E-state index in [1.165, 1.54) is 0 Å². The molecule has 0 spiro atoms. The van der Waals surface area contributed by atoms with Crippen molar-refractivity contribution >= 4 is 27.6 Å². The number of hydrogen-bond acceptors (Lipinski definition) is 3. The molecule has 0 aliphatic heterocycles. The number of ether oxygens (including phenoxy) is 1. The summed E-state index contributed by atoms with van der Waals surface area (Å²) < 4.78 is 33.5. The number of esters is 1. The van der Waals surface area contributed by atoms with Crippen LogP contribution in [-0.2, 0) is 16.0 Å². The van der Waals surface area contributed by atoms with E-state index in [4.69, 9.17) is 9.73 Å². The van der Waals surface area contributed by atoms with Crippen molar-refractivity contribution in [1.82, 2.24) is 0 Å². The molecule has 32 heavy (non-hydrogen) atoms. The number of carbonyl (C=O) groups is 1. The average Bonchev–Trinajstić information content (AvgIpc) is 2.74. The van der Waals surface area contributed by atoms with Crippen LogP contribution in [-0.4, -0.2) is 23.3 Å². The van der Waals surface area contributed by atoms with Gasteiger partial charge in [0.1, 0.15) is 5.60 Å². The number of rotatable bonds is 6. The van der Waals surface area contributed by atoms with Gasteiger partial charge in [0.15, 0.2) is 17.7 Å². The standard InChI is InChI=1S/C26H24BrF2NO2/c1-26(2,3)32-25(31)23(15-19-14-21(28)22(29)16-20(19)27)30-24(17-10-6-4-7-11-17)18-12-8-5-9-13-18/h4-14,16,23H,15H2,1-3H3/t23-/m0/s1. The maximum absolute atomic E-state index is 13.9. The van der Waals surface area contributed by atoms with Crippen LogP contribution < -0.4 is 0 Å². The molecule has 0 heterocycles. The highest BCUT2D eigenvalue weighted by atomic mass is 79.9. The fourth-order valence-corrected chi connectivity index (χ4v) is 3.62. The van der Waals surface area contributed by atoms with Crippen molar-refractivity contribution in [3.8, 4) is 0 Å². The Labute approximate surface area is 195 Å². The van der Waals surface area contributed by atoms with Gasteiger partial charge in [0.2, 0.25) is 0 Å². The van der Waals surface area contributed by atoms with E-state index in [0.29, 0.717) is 15.7 Å². The summed E-state index contributed by atoms with van der Waals surface area (Å²) in [7, 11) is 0. The molecule has 0 saturated carbocycles. The van der Waals surface area contributed by atoms with Crippen LogP contribution in [0.2, 0.25) is 0 Å². The van der Waals surface area contributed by atoms with Gasteiger partial charge in [-0.3, -0.25) is 4.99 Å². The summed E-state index contributed by atoms with van der Waals surface area (Å²) >= 11 is 3.27. The largest absolute Gasteiger partial charge is 0.458 e. The van der Waals surface area contributed by atoms with Crippen LogP contribution in [0.4, 0.5) is 8.78 Å². The fraction of sp³-hybridized carbons (Fsp3) is 0.231. The van der Waals surface area contributed by atoms with Crippen LogP contribution in [0.1, 0.15) is 37.5 Å². The summed E-state index contributed by atoms with van der Waals surface area (Å²) in [6.07, 6.45) is 0.0376. The molecule has 0 saturated heterocycles. The number of benzene rings is 3. The highest BCUT2D eigenvalue weighted by molar-refractivity contribution is 9.10. The SMILES string of the molecule is CC(C)(C)OC(=O)[C@H](Cc1cc(F)c(F)cc1Br)N=C(c1ccccc1)c1ccccc1. The Balaban J connectivity index is 2.11. The van der Waals surface area contributed by atoms with Crippen LogP contribution in [0.5, 0.6) is 0 Å². The molecule has 0 amide bonds. The van der Waals surface area contributed by atoms with Gasteiger partial charge in [-0.05, 0) is 38.5 Å². The van der Waals surface area contributed by atoms with Crippen LogP contribution in [0.25, 0.3) is 0 Å². The highest BCUT2D eigenvalue weighted by Gasteiger charge is 2.27. The van der Waals surface area contributed by atoms with Crippen molar-refractivity contribution in [2.45, 2.75) is 38.8 Å². The first-order valence-corrected chi connectivity index (χ1v) is 11.0. The minimum atomic E-state index is -0.985. The van der Waals surface area contributed by atoms with E-state index in [0.717, 1.165) is 23.3 Å². The first-order valence-electron chi connectivity index (χ1n) is 10.2. The molecule has 0 bridgehead atoms. The van der Waals surface area contributed by atoms with Crippen molar-refractivity contribution < 1.29 is 18.3 Å². The van der Waals surface area contributed by atoms with E-state index in [9.17, 15) is 13.6 Å². The molecule has 0 N–H and O–H groups in total. The van der Waals surface area contributed by atoms with Gasteiger partial charge in [0.25, 0.3) is 0 Å². The molecule has 1 atom stereocenters. The summed E-state index contributed by atoms with van der Waals surface area (Å²) in [5.41, 5.74) is 1.97. The van der Waals surface area contributed by atoms with E-state index in [-0.39, 0.29) is 6.42 Å². The second kappa shape index (κ2) is 10.2. The first-order chi connectivity index (χ1) is 15.1. The third kappa shape index (κ3) is 6.33. The second-order valence-corrected chi connectivity index (χ2v) is 9.18. The smallest absolute Gasteiger partial charge is 0.331 e. The zero-order valence-corrected chi connectivity index (χ0v) is 19.7. The van der Waals surface area contributed by atoms with Gasteiger partial charge in [0.05, 0.1) is 5.71 Å². The van der Waals surface area contributed by atoms with Crippen molar-refractivity contribution in [2.75, 3.05) is 0 Å². The van der Waals surface area contributed by atoms with Gasteiger partial charge in [-0.2, -0.15) is 0 Å². The van der Waals surface area contributed by atoms with Gasteiger partial charge in [-0.25, -0.2) is 13.6 Å². The minimum Gasteiger partial charge on any atom is -0.458 e. The molecule has 0 aromatic heterocycles. The van der Waals surface area contributed by atoms with Crippen molar-refractivity contribution in [3.05, 3.63) is 106 Å². The molecule has 3 rings (SSSR count). The third-order valence-electron chi connectivity index (χ3n) is 4.56. The van der Waals surface area contributed by atoms with Crippen molar-refractivity contribution in [3.63, 3.8) is 0 Å². The topological polar surface area (TPSA) is 38.7 Å². The lowest BCUT2D eigenvalue weighted by Crippen LogP contribution is -2.33. The summed E-state index contributed by atoms with van der Waals surface area (Å²) in [5, 5.41) is 0. The zero-order valence-electron chi connectivity index (χ0n) is 18.1. The molecule has 0 unspecified atom stereocenters. The number of aliphatic imine (C=N–C) groups is 1. The van der Waals surface area contributed by atoms with E-state index in [2.05, 4.69) is 15.9 Å². The predicted molar refractivity (Wildman–Crippen MR) is 126 cm³/mol. The Morgan fingerprint density at radius 2 is 1.44 bits per heavy atom. The van der Waals surface area contributed by atoms with E-state index in [1.807, 2.05) is 60.7 Å². The minimum absolute atomic E-state index is 0.0376. The van der Waals surface area contributed by atoms with Crippen LogP contribution in [0.3, 0.4) is 0 Å². The molecule has 3 aromatic rings. The molecule has 3 aromatic carbocycles.